The molecule has 7 nitrogen and oxygen atoms in total. The molecule has 136 valence electrons. The molecule has 0 radical (unpaired) electrons. The van der Waals surface area contributed by atoms with Crippen molar-refractivity contribution in [1.82, 2.24) is 13.8 Å². The molecule has 3 rings (SSSR count). The normalized spacial score (nSPS) is 17.0. The molecule has 0 atom stereocenters. The third kappa shape index (κ3) is 3.23. The summed E-state index contributed by atoms with van der Waals surface area (Å²) in [5, 5.41) is 10.5. The van der Waals surface area contributed by atoms with Crippen LogP contribution in [0.4, 0.5) is 0 Å². The van der Waals surface area contributed by atoms with Gasteiger partial charge in [-0.05, 0) is 31.5 Å². The van der Waals surface area contributed by atoms with Gasteiger partial charge in [0, 0.05) is 49.8 Å². The van der Waals surface area contributed by atoms with Crippen LogP contribution in [0, 0.1) is 6.92 Å². The van der Waals surface area contributed by atoms with E-state index < -0.39 is 10.0 Å². The van der Waals surface area contributed by atoms with Gasteiger partial charge in [-0.15, -0.1) is 0 Å². The molecule has 1 aromatic heterocycles. The summed E-state index contributed by atoms with van der Waals surface area (Å²) >= 11 is 0. The van der Waals surface area contributed by atoms with E-state index >= 15 is 0 Å². The average Bonchev–Trinajstić information content (AvgIpc) is 2.72. The molecular weight excluding hydrogens is 342 g/mol. The molecule has 1 amide bonds. The highest BCUT2D eigenvalue weighted by atomic mass is 32.2. The van der Waals surface area contributed by atoms with Crippen LogP contribution in [0.5, 0.6) is 5.75 Å². The van der Waals surface area contributed by atoms with Gasteiger partial charge < -0.3 is 14.6 Å². The van der Waals surface area contributed by atoms with Gasteiger partial charge in [-0.2, -0.15) is 0 Å². The van der Waals surface area contributed by atoms with Crippen molar-refractivity contribution >= 4 is 26.8 Å². The molecule has 2 heterocycles. The number of phenolic OH excluding ortho intramolecular Hbond substituents is 1. The van der Waals surface area contributed by atoms with Gasteiger partial charge >= 0.3 is 0 Å². The number of nitrogens with zero attached hydrogens (tertiary/aromatic N) is 3. The average molecular weight is 365 g/mol. The minimum Gasteiger partial charge on any atom is -0.508 e. The number of sulfonamides is 1. The lowest BCUT2D eigenvalue weighted by Gasteiger charge is -2.21. The number of amides is 1. The van der Waals surface area contributed by atoms with Crippen molar-refractivity contribution in [3.63, 3.8) is 0 Å². The Bertz CT molecular complexity index is 933. The molecule has 1 N–H and O–H groups in total. The predicted octanol–water partition coefficient (Wildman–Crippen LogP) is 1.30. The van der Waals surface area contributed by atoms with E-state index in [0.29, 0.717) is 43.5 Å². The molecule has 0 bridgehead atoms. The van der Waals surface area contributed by atoms with Crippen molar-refractivity contribution in [3.05, 3.63) is 29.5 Å². The maximum atomic E-state index is 13.1. The maximum absolute atomic E-state index is 13.1. The van der Waals surface area contributed by atoms with E-state index in [1.54, 1.807) is 23.1 Å². The number of aromatic nitrogens is 1. The van der Waals surface area contributed by atoms with Gasteiger partial charge in [0.05, 0.1) is 11.8 Å². The fraction of sp³-hybridized carbons (Fsp3) is 0.471. The van der Waals surface area contributed by atoms with Gasteiger partial charge in [0.2, 0.25) is 10.0 Å². The Labute approximate surface area is 147 Å². The van der Waals surface area contributed by atoms with E-state index in [1.807, 2.05) is 18.5 Å². The number of aromatic hydroxyl groups is 1. The van der Waals surface area contributed by atoms with Crippen molar-refractivity contribution in [1.29, 1.82) is 0 Å². The third-order valence-corrected chi connectivity index (χ3v) is 6.20. The van der Waals surface area contributed by atoms with Gasteiger partial charge in [-0.25, -0.2) is 12.7 Å². The quantitative estimate of drug-likeness (QED) is 0.870. The van der Waals surface area contributed by atoms with E-state index in [4.69, 9.17) is 0 Å². The molecule has 1 aliphatic rings. The van der Waals surface area contributed by atoms with E-state index in [1.165, 1.54) is 10.6 Å². The van der Waals surface area contributed by atoms with Crippen LogP contribution in [0.2, 0.25) is 0 Å². The first-order valence-corrected chi connectivity index (χ1v) is 10.1. The second-order valence-electron chi connectivity index (χ2n) is 6.53. The summed E-state index contributed by atoms with van der Waals surface area (Å²) in [4.78, 5) is 14.8. The molecule has 0 saturated carbocycles. The number of aryl methyl sites for hydroxylation is 1. The molecule has 25 heavy (non-hydrogen) atoms. The van der Waals surface area contributed by atoms with Crippen LogP contribution >= 0.6 is 0 Å². The summed E-state index contributed by atoms with van der Waals surface area (Å²) in [7, 11) is -1.36. The number of benzene rings is 1. The number of carbonyl (C=O) groups excluding carboxylic acids is 1. The summed E-state index contributed by atoms with van der Waals surface area (Å²) in [6.45, 7) is 3.49. The number of hydrogen-bond acceptors (Lipinski definition) is 4. The Kier molecular flexibility index (Phi) is 4.51. The number of hydrogen-bond donors (Lipinski definition) is 1. The number of rotatable bonds is 2. The van der Waals surface area contributed by atoms with Crippen LogP contribution in [0.15, 0.2) is 18.2 Å². The predicted molar refractivity (Wildman–Crippen MR) is 96.3 cm³/mol. The number of carbonyl (C=O) groups is 1. The zero-order valence-electron chi connectivity index (χ0n) is 14.7. The third-order valence-electron chi connectivity index (χ3n) is 4.90. The summed E-state index contributed by atoms with van der Waals surface area (Å²) in [5.41, 5.74) is 2.28. The first-order valence-electron chi connectivity index (χ1n) is 8.22. The lowest BCUT2D eigenvalue weighted by Crippen LogP contribution is -2.37. The zero-order chi connectivity index (χ0) is 18.4. The molecule has 1 saturated heterocycles. The minimum absolute atomic E-state index is 0.117. The molecule has 8 heteroatoms. The molecule has 1 aliphatic heterocycles. The van der Waals surface area contributed by atoms with Crippen molar-refractivity contribution < 1.29 is 18.3 Å². The van der Waals surface area contributed by atoms with Gasteiger partial charge in [0.25, 0.3) is 5.91 Å². The Hall–Kier alpha value is -2.06. The van der Waals surface area contributed by atoms with E-state index in [9.17, 15) is 18.3 Å². The van der Waals surface area contributed by atoms with Crippen LogP contribution < -0.4 is 0 Å². The minimum atomic E-state index is -3.25. The SMILES string of the molecule is Cc1c(C(=O)N2CCCN(S(C)(=O)=O)CC2)c2cc(O)ccc2n1C. The highest BCUT2D eigenvalue weighted by Crippen LogP contribution is 2.29. The highest BCUT2D eigenvalue weighted by molar-refractivity contribution is 7.88. The van der Waals surface area contributed by atoms with E-state index in [0.717, 1.165) is 11.2 Å². The first-order chi connectivity index (χ1) is 11.7. The van der Waals surface area contributed by atoms with Crippen LogP contribution in [0.25, 0.3) is 10.9 Å². The molecular formula is C17H23N3O4S. The fourth-order valence-electron chi connectivity index (χ4n) is 3.42. The second kappa shape index (κ2) is 6.34. The number of phenols is 1. The number of fused-ring (bicyclic) bond motifs is 1. The molecule has 1 fully saturated rings. The largest absolute Gasteiger partial charge is 0.508 e. The van der Waals surface area contributed by atoms with Gasteiger partial charge in [0.15, 0.2) is 0 Å². The van der Waals surface area contributed by atoms with Crippen LogP contribution in [-0.2, 0) is 17.1 Å². The lowest BCUT2D eigenvalue weighted by atomic mass is 10.1. The fourth-order valence-corrected chi connectivity index (χ4v) is 4.29. The van der Waals surface area contributed by atoms with Crippen LogP contribution in [0.1, 0.15) is 22.5 Å². The molecule has 1 aromatic carbocycles. The molecule has 0 unspecified atom stereocenters. The van der Waals surface area contributed by atoms with Gasteiger partial charge in [0.1, 0.15) is 5.75 Å². The molecule has 0 aliphatic carbocycles. The van der Waals surface area contributed by atoms with E-state index in [-0.39, 0.29) is 11.7 Å². The van der Waals surface area contributed by atoms with Crippen molar-refractivity contribution in [2.45, 2.75) is 13.3 Å². The Morgan fingerprint density at radius 2 is 1.88 bits per heavy atom. The van der Waals surface area contributed by atoms with Crippen molar-refractivity contribution in [2.24, 2.45) is 7.05 Å². The summed E-state index contributed by atoms with van der Waals surface area (Å²) in [5.74, 6) is -0.00433. The topological polar surface area (TPSA) is 82.8 Å². The maximum Gasteiger partial charge on any atom is 0.256 e. The summed E-state index contributed by atoms with van der Waals surface area (Å²) < 4.78 is 26.8. The Morgan fingerprint density at radius 1 is 1.16 bits per heavy atom. The lowest BCUT2D eigenvalue weighted by molar-refractivity contribution is 0.0765. The van der Waals surface area contributed by atoms with Crippen molar-refractivity contribution in [3.8, 4) is 5.75 Å². The first kappa shape index (κ1) is 17.8. The van der Waals surface area contributed by atoms with E-state index in [2.05, 4.69) is 0 Å². The zero-order valence-corrected chi connectivity index (χ0v) is 15.5. The van der Waals surface area contributed by atoms with Gasteiger partial charge in [-0.1, -0.05) is 0 Å². The van der Waals surface area contributed by atoms with Crippen LogP contribution in [-0.4, -0.2) is 65.6 Å². The Balaban J connectivity index is 1.95. The summed E-state index contributed by atoms with van der Waals surface area (Å²) in [6, 6.07) is 5.00. The van der Waals surface area contributed by atoms with Gasteiger partial charge in [-0.3, -0.25) is 4.79 Å². The molecule has 0 spiro atoms. The standard InChI is InChI=1S/C17H23N3O4S/c1-12-16(14-11-13(21)5-6-15(14)18(12)2)17(22)19-7-4-8-20(10-9-19)25(3,23)24/h5-6,11,21H,4,7-10H2,1-3H3. The molecule has 2 aromatic rings. The monoisotopic (exact) mass is 365 g/mol. The Morgan fingerprint density at radius 3 is 2.56 bits per heavy atom. The summed E-state index contributed by atoms with van der Waals surface area (Å²) in [6.07, 6.45) is 1.80. The second-order valence-corrected chi connectivity index (χ2v) is 8.51. The van der Waals surface area contributed by atoms with Crippen LogP contribution in [0.3, 0.4) is 0 Å². The smallest absolute Gasteiger partial charge is 0.256 e. The van der Waals surface area contributed by atoms with Crippen molar-refractivity contribution in [2.75, 3.05) is 32.4 Å². The highest BCUT2D eigenvalue weighted by Gasteiger charge is 2.27.